The van der Waals surface area contributed by atoms with Crippen molar-refractivity contribution in [2.75, 3.05) is 35.2 Å². The molecular formula is C21H24F4N6O2. The van der Waals surface area contributed by atoms with E-state index in [2.05, 4.69) is 24.6 Å². The lowest BCUT2D eigenvalue weighted by Crippen LogP contribution is -2.55. The van der Waals surface area contributed by atoms with E-state index in [9.17, 15) is 17.6 Å². The van der Waals surface area contributed by atoms with E-state index >= 15 is 0 Å². The Morgan fingerprint density at radius 2 is 1.94 bits per heavy atom. The molecule has 178 valence electrons. The van der Waals surface area contributed by atoms with Crippen LogP contribution in [0.1, 0.15) is 25.7 Å². The topological polar surface area (TPSA) is 89.6 Å². The molecule has 33 heavy (non-hydrogen) atoms. The van der Waals surface area contributed by atoms with Crippen molar-refractivity contribution in [2.24, 2.45) is 0 Å². The number of halogens is 4. The van der Waals surface area contributed by atoms with E-state index in [0.717, 1.165) is 12.8 Å². The third-order valence-corrected chi connectivity index (χ3v) is 6.42. The van der Waals surface area contributed by atoms with Gasteiger partial charge in [0, 0.05) is 30.9 Å². The van der Waals surface area contributed by atoms with Crippen LogP contribution in [0, 0.1) is 0 Å². The predicted molar refractivity (Wildman–Crippen MR) is 113 cm³/mol. The molecule has 2 N–H and O–H groups in total. The molecule has 6 rings (SSSR count). The SMILES string of the molecule is Nc1ncc(-c2cc(N3C[C@@H]4CC[C@H]3CO4)nc(N3CCCC3C(F)F)n2)cc1OC(F)F. The van der Waals surface area contributed by atoms with Crippen LogP contribution < -0.4 is 20.3 Å². The van der Waals surface area contributed by atoms with Gasteiger partial charge in [-0.2, -0.15) is 13.8 Å². The number of nitrogens with two attached hydrogens (primary N) is 1. The summed E-state index contributed by atoms with van der Waals surface area (Å²) < 4.78 is 63.1. The van der Waals surface area contributed by atoms with Gasteiger partial charge in [0.05, 0.1) is 30.5 Å². The summed E-state index contributed by atoms with van der Waals surface area (Å²) in [5.74, 6) is 0.305. The summed E-state index contributed by atoms with van der Waals surface area (Å²) >= 11 is 0. The van der Waals surface area contributed by atoms with Crippen molar-refractivity contribution < 1.29 is 27.0 Å². The maximum Gasteiger partial charge on any atom is 0.387 e. The highest BCUT2D eigenvalue weighted by atomic mass is 19.3. The minimum absolute atomic E-state index is 0.0849. The minimum atomic E-state index is -3.07. The van der Waals surface area contributed by atoms with Gasteiger partial charge >= 0.3 is 6.61 Å². The minimum Gasteiger partial charge on any atom is -0.431 e. The average Bonchev–Trinajstić information content (AvgIpc) is 3.31. The van der Waals surface area contributed by atoms with Crippen LogP contribution in [0.3, 0.4) is 0 Å². The van der Waals surface area contributed by atoms with E-state index in [0.29, 0.717) is 49.6 Å². The maximum absolute atomic E-state index is 13.7. The van der Waals surface area contributed by atoms with Crippen molar-refractivity contribution in [1.29, 1.82) is 0 Å². The number of nitrogen functional groups attached to an aromatic ring is 1. The quantitative estimate of drug-likeness (QED) is 0.646. The van der Waals surface area contributed by atoms with Crippen molar-refractivity contribution in [2.45, 2.75) is 56.9 Å². The Morgan fingerprint density at radius 1 is 1.09 bits per heavy atom. The zero-order chi connectivity index (χ0) is 23.1. The highest BCUT2D eigenvalue weighted by molar-refractivity contribution is 5.68. The molecule has 0 amide bonds. The van der Waals surface area contributed by atoms with Crippen LogP contribution in [0.5, 0.6) is 5.75 Å². The molecule has 4 fully saturated rings. The van der Waals surface area contributed by atoms with Gasteiger partial charge in [0.2, 0.25) is 5.95 Å². The fraction of sp³-hybridized carbons (Fsp3) is 0.571. The van der Waals surface area contributed by atoms with Gasteiger partial charge in [-0.15, -0.1) is 0 Å². The van der Waals surface area contributed by atoms with Gasteiger partial charge in [0.1, 0.15) is 5.82 Å². The number of fused-ring (bicyclic) bond motifs is 3. The number of alkyl halides is 4. The van der Waals surface area contributed by atoms with Gasteiger partial charge in [0.25, 0.3) is 6.43 Å². The van der Waals surface area contributed by atoms with Crippen molar-refractivity contribution in [1.82, 2.24) is 15.0 Å². The van der Waals surface area contributed by atoms with E-state index in [-0.39, 0.29) is 29.7 Å². The Balaban J connectivity index is 1.57. The summed E-state index contributed by atoms with van der Waals surface area (Å²) in [5.41, 5.74) is 6.40. The Labute approximate surface area is 187 Å². The fourth-order valence-electron chi connectivity index (χ4n) is 4.76. The van der Waals surface area contributed by atoms with Crippen LogP contribution in [0.25, 0.3) is 11.3 Å². The van der Waals surface area contributed by atoms with Crippen LogP contribution in [0.15, 0.2) is 18.3 Å². The molecule has 3 atom stereocenters. The lowest BCUT2D eigenvalue weighted by Gasteiger charge is -2.45. The molecule has 0 aliphatic carbocycles. The number of hydrogen-bond donors (Lipinski definition) is 1. The van der Waals surface area contributed by atoms with Gasteiger partial charge < -0.3 is 25.0 Å². The first-order valence-corrected chi connectivity index (χ1v) is 10.9. The van der Waals surface area contributed by atoms with Crippen molar-refractivity contribution in [3.63, 3.8) is 0 Å². The third kappa shape index (κ3) is 4.35. The monoisotopic (exact) mass is 468 g/mol. The van der Waals surface area contributed by atoms with Gasteiger partial charge in [-0.1, -0.05) is 0 Å². The number of ether oxygens (including phenoxy) is 2. The van der Waals surface area contributed by atoms with Gasteiger partial charge in [-0.3, -0.25) is 0 Å². The molecule has 0 aromatic carbocycles. The number of aromatic nitrogens is 3. The molecule has 0 saturated carbocycles. The lowest BCUT2D eigenvalue weighted by molar-refractivity contribution is -0.0494. The standard InChI is InChI=1S/C21H24F4N6O2/c22-18(23)15-2-1-5-30(15)21-28-14(11-6-16(33-20(24)25)19(26)27-8-11)7-17(29-21)31-9-13-4-3-12(31)10-32-13/h6-8,12-13,15,18,20H,1-5,9-10H2,(H2,26,27)/t12-,13-,15?/m0/s1. The third-order valence-electron chi connectivity index (χ3n) is 6.42. The molecular weight excluding hydrogens is 444 g/mol. The Hall–Kier alpha value is -2.89. The molecule has 4 saturated heterocycles. The molecule has 2 aromatic heterocycles. The summed E-state index contributed by atoms with van der Waals surface area (Å²) in [6, 6.07) is 2.19. The van der Waals surface area contributed by atoms with Gasteiger partial charge in [0.15, 0.2) is 11.6 Å². The van der Waals surface area contributed by atoms with Crippen LogP contribution in [-0.2, 0) is 4.74 Å². The highest BCUT2D eigenvalue weighted by Gasteiger charge is 2.37. The Bertz CT molecular complexity index is 984. The van der Waals surface area contributed by atoms with Gasteiger partial charge in [-0.05, 0) is 31.7 Å². The largest absolute Gasteiger partial charge is 0.431 e. The number of hydrogen-bond acceptors (Lipinski definition) is 8. The molecule has 12 heteroatoms. The summed E-state index contributed by atoms with van der Waals surface area (Å²) in [6.07, 6.45) is 1.80. The normalized spacial score (nSPS) is 24.8. The molecule has 2 bridgehead atoms. The Kier molecular flexibility index (Phi) is 5.85. The first-order valence-electron chi connectivity index (χ1n) is 10.9. The van der Waals surface area contributed by atoms with Crippen LogP contribution in [0.4, 0.5) is 35.1 Å². The second-order valence-electron chi connectivity index (χ2n) is 8.47. The molecule has 0 spiro atoms. The first-order chi connectivity index (χ1) is 15.9. The number of morpholine rings is 1. The maximum atomic E-state index is 13.7. The number of piperidine rings is 1. The van der Waals surface area contributed by atoms with Crippen LogP contribution in [-0.4, -0.2) is 65.9 Å². The summed E-state index contributed by atoms with van der Waals surface area (Å²) in [7, 11) is 0. The van der Waals surface area contributed by atoms with Crippen LogP contribution >= 0.6 is 0 Å². The van der Waals surface area contributed by atoms with Crippen molar-refractivity contribution in [3.8, 4) is 17.0 Å². The molecule has 6 heterocycles. The Morgan fingerprint density at radius 3 is 2.61 bits per heavy atom. The zero-order valence-corrected chi connectivity index (χ0v) is 17.7. The fourth-order valence-corrected chi connectivity index (χ4v) is 4.76. The summed E-state index contributed by atoms with van der Waals surface area (Å²) in [5, 5.41) is 0. The van der Waals surface area contributed by atoms with E-state index in [1.807, 2.05) is 0 Å². The predicted octanol–water partition coefficient (Wildman–Crippen LogP) is 3.32. The second kappa shape index (κ2) is 8.81. The van der Waals surface area contributed by atoms with E-state index in [1.165, 1.54) is 17.2 Å². The van der Waals surface area contributed by atoms with Crippen LogP contribution in [0.2, 0.25) is 0 Å². The number of rotatable bonds is 6. The number of anilines is 3. The molecule has 8 nitrogen and oxygen atoms in total. The summed E-state index contributed by atoms with van der Waals surface area (Å²) in [6.45, 7) is -1.45. The highest BCUT2D eigenvalue weighted by Crippen LogP contribution is 2.36. The number of nitrogens with zero attached hydrogens (tertiary/aromatic N) is 5. The lowest BCUT2D eigenvalue weighted by atomic mass is 9.97. The molecule has 2 aromatic rings. The molecule has 4 aliphatic rings. The van der Waals surface area contributed by atoms with Gasteiger partial charge in [-0.25, -0.2) is 18.7 Å². The molecule has 0 radical (unpaired) electrons. The smallest absolute Gasteiger partial charge is 0.387 e. The summed E-state index contributed by atoms with van der Waals surface area (Å²) in [4.78, 5) is 16.8. The molecule has 1 unspecified atom stereocenters. The van der Waals surface area contributed by atoms with Crippen molar-refractivity contribution >= 4 is 17.6 Å². The second-order valence-corrected chi connectivity index (χ2v) is 8.47. The average molecular weight is 468 g/mol. The van der Waals surface area contributed by atoms with E-state index < -0.39 is 19.1 Å². The van der Waals surface area contributed by atoms with Crippen molar-refractivity contribution in [3.05, 3.63) is 18.3 Å². The number of pyridine rings is 1. The molecule has 4 aliphatic heterocycles. The first kappa shape index (κ1) is 21.9. The van der Waals surface area contributed by atoms with E-state index in [4.69, 9.17) is 10.5 Å². The van der Waals surface area contributed by atoms with E-state index in [1.54, 1.807) is 6.07 Å². The zero-order valence-electron chi connectivity index (χ0n) is 17.7.